The monoisotopic (exact) mass is 254 g/mol. The third-order valence-electron chi connectivity index (χ3n) is 3.23. The Labute approximate surface area is 110 Å². The average Bonchev–Trinajstić information content (AvgIpc) is 2.34. The number of halogens is 1. The largest absolute Gasteiger partial charge is 0.330 e. The van der Waals surface area contributed by atoms with Crippen molar-refractivity contribution in [2.45, 2.75) is 32.2 Å². The van der Waals surface area contributed by atoms with Gasteiger partial charge in [0.2, 0.25) is 0 Å². The third-order valence-corrected chi connectivity index (χ3v) is 3.48. The highest BCUT2D eigenvalue weighted by molar-refractivity contribution is 6.30. The molecule has 1 unspecified atom stereocenters. The van der Waals surface area contributed by atoms with Crippen LogP contribution >= 0.6 is 11.6 Å². The lowest BCUT2D eigenvalue weighted by Crippen LogP contribution is -2.23. The first kappa shape index (κ1) is 14.5. The number of rotatable bonds is 7. The van der Waals surface area contributed by atoms with Gasteiger partial charge in [-0.1, -0.05) is 30.2 Å². The minimum absolute atomic E-state index is 0.435. The first-order chi connectivity index (χ1) is 8.15. The molecule has 0 aliphatic carbocycles. The van der Waals surface area contributed by atoms with Crippen molar-refractivity contribution in [1.82, 2.24) is 4.90 Å². The molecule has 0 saturated carbocycles. The molecule has 0 aliphatic rings. The first-order valence-corrected chi connectivity index (χ1v) is 6.68. The summed E-state index contributed by atoms with van der Waals surface area (Å²) in [6.45, 7) is 4.15. The highest BCUT2D eigenvalue weighted by Gasteiger charge is 2.10. The SMILES string of the molecule is CC(c1ccc(Cl)cc1)N(C)CCCCCN. The summed E-state index contributed by atoms with van der Waals surface area (Å²) < 4.78 is 0. The molecule has 2 nitrogen and oxygen atoms in total. The summed E-state index contributed by atoms with van der Waals surface area (Å²) in [5, 5.41) is 0.798. The van der Waals surface area contributed by atoms with Crippen LogP contribution in [0.2, 0.25) is 5.02 Å². The lowest BCUT2D eigenvalue weighted by molar-refractivity contribution is 0.255. The molecular weight excluding hydrogens is 232 g/mol. The lowest BCUT2D eigenvalue weighted by Gasteiger charge is -2.25. The summed E-state index contributed by atoms with van der Waals surface area (Å²) in [5.41, 5.74) is 6.80. The molecule has 0 radical (unpaired) electrons. The van der Waals surface area contributed by atoms with Gasteiger partial charge < -0.3 is 5.73 Å². The molecule has 1 rings (SSSR count). The van der Waals surface area contributed by atoms with Crippen LogP contribution in [0.3, 0.4) is 0 Å². The highest BCUT2D eigenvalue weighted by Crippen LogP contribution is 2.21. The highest BCUT2D eigenvalue weighted by atomic mass is 35.5. The van der Waals surface area contributed by atoms with E-state index >= 15 is 0 Å². The van der Waals surface area contributed by atoms with E-state index in [0.717, 1.165) is 24.5 Å². The number of nitrogens with two attached hydrogens (primary N) is 1. The number of unbranched alkanes of at least 4 members (excludes halogenated alkanes) is 2. The molecule has 2 N–H and O–H groups in total. The van der Waals surface area contributed by atoms with Gasteiger partial charge in [0.15, 0.2) is 0 Å². The zero-order valence-electron chi connectivity index (χ0n) is 10.8. The Morgan fingerprint density at radius 3 is 2.41 bits per heavy atom. The molecule has 0 heterocycles. The Balaban J connectivity index is 2.40. The molecular formula is C14H23ClN2. The maximum atomic E-state index is 5.89. The van der Waals surface area contributed by atoms with Gasteiger partial charge in [-0.25, -0.2) is 0 Å². The summed E-state index contributed by atoms with van der Waals surface area (Å²) in [6, 6.07) is 8.54. The molecule has 0 aromatic heterocycles. The van der Waals surface area contributed by atoms with Gasteiger partial charge in [-0.15, -0.1) is 0 Å². The zero-order valence-corrected chi connectivity index (χ0v) is 11.6. The van der Waals surface area contributed by atoms with Gasteiger partial charge in [0.1, 0.15) is 0 Å². The van der Waals surface area contributed by atoms with Crippen molar-refractivity contribution in [3.63, 3.8) is 0 Å². The molecule has 0 amide bonds. The topological polar surface area (TPSA) is 29.3 Å². The number of benzene rings is 1. The number of nitrogens with zero attached hydrogens (tertiary/aromatic N) is 1. The summed E-state index contributed by atoms with van der Waals surface area (Å²) in [6.07, 6.45) is 3.56. The number of hydrogen-bond acceptors (Lipinski definition) is 2. The zero-order chi connectivity index (χ0) is 12.7. The quantitative estimate of drug-likeness (QED) is 0.755. The summed E-state index contributed by atoms with van der Waals surface area (Å²) in [5.74, 6) is 0. The molecule has 1 atom stereocenters. The predicted octanol–water partition coefficient (Wildman–Crippen LogP) is 3.46. The van der Waals surface area contributed by atoms with E-state index in [9.17, 15) is 0 Å². The fraction of sp³-hybridized carbons (Fsp3) is 0.571. The normalized spacial score (nSPS) is 13.0. The molecule has 0 bridgehead atoms. The van der Waals surface area contributed by atoms with Crippen molar-refractivity contribution >= 4 is 11.6 Å². The van der Waals surface area contributed by atoms with E-state index in [1.807, 2.05) is 12.1 Å². The van der Waals surface area contributed by atoms with Crippen LogP contribution in [0.25, 0.3) is 0 Å². The van der Waals surface area contributed by atoms with Crippen molar-refractivity contribution in [2.75, 3.05) is 20.1 Å². The smallest absolute Gasteiger partial charge is 0.0406 e. The van der Waals surface area contributed by atoms with Crippen LogP contribution in [0.5, 0.6) is 0 Å². The van der Waals surface area contributed by atoms with Crippen LogP contribution in [0.4, 0.5) is 0 Å². The van der Waals surface area contributed by atoms with E-state index in [1.165, 1.54) is 18.4 Å². The van der Waals surface area contributed by atoms with E-state index in [4.69, 9.17) is 17.3 Å². The minimum Gasteiger partial charge on any atom is -0.330 e. The molecule has 0 saturated heterocycles. The lowest BCUT2D eigenvalue weighted by atomic mass is 10.1. The van der Waals surface area contributed by atoms with Gasteiger partial charge >= 0.3 is 0 Å². The Kier molecular flexibility index (Phi) is 6.56. The van der Waals surface area contributed by atoms with Gasteiger partial charge in [-0.2, -0.15) is 0 Å². The molecule has 96 valence electrons. The molecule has 0 aliphatic heterocycles. The second-order valence-electron chi connectivity index (χ2n) is 4.56. The number of hydrogen-bond donors (Lipinski definition) is 1. The third kappa shape index (κ3) is 5.07. The van der Waals surface area contributed by atoms with Gasteiger partial charge in [-0.05, 0) is 57.6 Å². The maximum Gasteiger partial charge on any atom is 0.0406 e. The van der Waals surface area contributed by atoms with Gasteiger partial charge in [0, 0.05) is 11.1 Å². The molecule has 17 heavy (non-hydrogen) atoms. The first-order valence-electron chi connectivity index (χ1n) is 6.31. The summed E-state index contributed by atoms with van der Waals surface area (Å²) in [7, 11) is 2.17. The van der Waals surface area contributed by atoms with E-state index < -0.39 is 0 Å². The van der Waals surface area contributed by atoms with Crippen LogP contribution < -0.4 is 5.73 Å². The van der Waals surface area contributed by atoms with Crippen LogP contribution in [0.1, 0.15) is 37.8 Å². The van der Waals surface area contributed by atoms with Gasteiger partial charge in [0.25, 0.3) is 0 Å². The van der Waals surface area contributed by atoms with Crippen molar-refractivity contribution in [3.8, 4) is 0 Å². The van der Waals surface area contributed by atoms with Crippen LogP contribution in [0.15, 0.2) is 24.3 Å². The molecule has 1 aromatic carbocycles. The van der Waals surface area contributed by atoms with Crippen LogP contribution in [-0.2, 0) is 0 Å². The molecule has 3 heteroatoms. The van der Waals surface area contributed by atoms with Crippen molar-refractivity contribution in [1.29, 1.82) is 0 Å². The standard InChI is InChI=1S/C14H23ClN2/c1-12(13-6-8-14(15)9-7-13)17(2)11-5-3-4-10-16/h6-9,12H,3-5,10-11,16H2,1-2H3. The van der Waals surface area contributed by atoms with E-state index in [2.05, 4.69) is 31.0 Å². The Hall–Kier alpha value is -0.570. The fourth-order valence-corrected chi connectivity index (χ4v) is 2.00. The van der Waals surface area contributed by atoms with E-state index in [1.54, 1.807) is 0 Å². The summed E-state index contributed by atoms with van der Waals surface area (Å²) >= 11 is 5.89. The second-order valence-corrected chi connectivity index (χ2v) is 4.99. The fourth-order valence-electron chi connectivity index (χ4n) is 1.87. The van der Waals surface area contributed by atoms with Crippen LogP contribution in [0, 0.1) is 0 Å². The van der Waals surface area contributed by atoms with Gasteiger partial charge in [0.05, 0.1) is 0 Å². The van der Waals surface area contributed by atoms with E-state index in [0.29, 0.717) is 6.04 Å². The van der Waals surface area contributed by atoms with Crippen molar-refractivity contribution < 1.29 is 0 Å². The van der Waals surface area contributed by atoms with Crippen LogP contribution in [-0.4, -0.2) is 25.0 Å². The summed E-state index contributed by atoms with van der Waals surface area (Å²) in [4.78, 5) is 2.37. The molecule has 0 spiro atoms. The predicted molar refractivity (Wildman–Crippen MR) is 75.4 cm³/mol. The molecule has 1 aromatic rings. The van der Waals surface area contributed by atoms with E-state index in [-0.39, 0.29) is 0 Å². The Morgan fingerprint density at radius 2 is 1.82 bits per heavy atom. The average molecular weight is 255 g/mol. The second kappa shape index (κ2) is 7.70. The van der Waals surface area contributed by atoms with Crippen molar-refractivity contribution in [3.05, 3.63) is 34.9 Å². The maximum absolute atomic E-state index is 5.89. The Morgan fingerprint density at radius 1 is 1.18 bits per heavy atom. The van der Waals surface area contributed by atoms with Crippen molar-refractivity contribution in [2.24, 2.45) is 5.73 Å². The Bertz CT molecular complexity index is 311. The minimum atomic E-state index is 0.435. The van der Waals surface area contributed by atoms with Gasteiger partial charge in [-0.3, -0.25) is 4.90 Å². The molecule has 0 fully saturated rings.